The van der Waals surface area contributed by atoms with Gasteiger partial charge in [0.2, 0.25) is 0 Å². The highest BCUT2D eigenvalue weighted by atomic mass is 35.5. The molecule has 1 aromatic heterocycles. The molecular weight excluding hydrogens is 469 g/mol. The highest BCUT2D eigenvalue weighted by Crippen LogP contribution is 2.31. The van der Waals surface area contributed by atoms with E-state index in [1.165, 1.54) is 0 Å². The Morgan fingerprint density at radius 1 is 0.912 bits per heavy atom. The number of nitrogens with zero attached hydrogens (tertiary/aromatic N) is 2. The average Bonchev–Trinajstić information content (AvgIpc) is 3.17. The van der Waals surface area contributed by atoms with Crippen molar-refractivity contribution in [3.05, 3.63) is 94.0 Å². The maximum atomic E-state index is 12.3. The number of aryl methyl sites for hydroxylation is 1. The van der Waals surface area contributed by atoms with Gasteiger partial charge in [0.15, 0.2) is 0 Å². The Bertz CT molecular complexity index is 1300. The number of benzene rings is 3. The first-order chi connectivity index (χ1) is 16.1. The number of hydrogen-bond donors (Lipinski definition) is 1. The van der Waals surface area contributed by atoms with Crippen LogP contribution in [0.2, 0.25) is 10.0 Å². The number of aromatic nitrogens is 2. The summed E-state index contributed by atoms with van der Waals surface area (Å²) in [6, 6.07) is 22.5. The van der Waals surface area contributed by atoms with Crippen LogP contribution in [0.3, 0.4) is 0 Å². The van der Waals surface area contributed by atoms with Crippen molar-refractivity contribution >= 4 is 40.7 Å². The summed E-state index contributed by atoms with van der Waals surface area (Å²) in [4.78, 5) is 12.3. The van der Waals surface area contributed by atoms with E-state index in [2.05, 4.69) is 5.32 Å². The molecule has 0 aliphatic heterocycles. The standard InChI is InChI=1S/C27H25Cl2N3O2/c1-17-5-11-23(12-6-17)32-25(16-24(31-32)19-13-20(28)15-21(29)14-19)30-22-9-7-18(8-10-22)26(33)34-27(2,3)4/h5-16,30H,1-4H3. The molecule has 7 heteroatoms. The molecule has 3 aromatic carbocycles. The Morgan fingerprint density at radius 2 is 1.53 bits per heavy atom. The number of nitrogens with one attached hydrogen (secondary N) is 1. The van der Waals surface area contributed by atoms with Gasteiger partial charge in [-0.25, -0.2) is 9.48 Å². The first-order valence-electron chi connectivity index (χ1n) is 10.8. The van der Waals surface area contributed by atoms with Crippen molar-refractivity contribution in [2.75, 3.05) is 5.32 Å². The molecule has 0 saturated heterocycles. The molecule has 0 aliphatic carbocycles. The van der Waals surface area contributed by atoms with Crippen LogP contribution in [0.1, 0.15) is 36.7 Å². The molecule has 0 radical (unpaired) electrons. The van der Waals surface area contributed by atoms with E-state index >= 15 is 0 Å². The van der Waals surface area contributed by atoms with Gasteiger partial charge in [0, 0.05) is 27.4 Å². The highest BCUT2D eigenvalue weighted by Gasteiger charge is 2.18. The molecular formula is C27H25Cl2N3O2. The zero-order valence-corrected chi connectivity index (χ0v) is 20.9. The number of esters is 1. The van der Waals surface area contributed by atoms with Crippen LogP contribution in [0.4, 0.5) is 11.5 Å². The van der Waals surface area contributed by atoms with Gasteiger partial charge in [-0.3, -0.25) is 0 Å². The molecule has 0 atom stereocenters. The van der Waals surface area contributed by atoms with Gasteiger partial charge in [0.1, 0.15) is 11.4 Å². The molecule has 0 amide bonds. The molecule has 0 fully saturated rings. The van der Waals surface area contributed by atoms with Crippen molar-refractivity contribution in [2.45, 2.75) is 33.3 Å². The fraction of sp³-hybridized carbons (Fsp3) is 0.185. The number of ether oxygens (including phenoxy) is 1. The summed E-state index contributed by atoms with van der Waals surface area (Å²) in [5.74, 6) is 0.392. The van der Waals surface area contributed by atoms with E-state index in [1.807, 2.05) is 87.0 Å². The van der Waals surface area contributed by atoms with Crippen molar-refractivity contribution in [1.82, 2.24) is 9.78 Å². The molecule has 4 aromatic rings. The molecule has 34 heavy (non-hydrogen) atoms. The summed E-state index contributed by atoms with van der Waals surface area (Å²) in [6.45, 7) is 7.57. The van der Waals surface area contributed by atoms with E-state index in [9.17, 15) is 4.79 Å². The van der Waals surface area contributed by atoms with E-state index in [0.717, 1.165) is 34.0 Å². The van der Waals surface area contributed by atoms with Crippen LogP contribution in [0.25, 0.3) is 16.9 Å². The molecule has 0 saturated carbocycles. The minimum atomic E-state index is -0.547. The molecule has 5 nitrogen and oxygen atoms in total. The highest BCUT2D eigenvalue weighted by molar-refractivity contribution is 6.35. The SMILES string of the molecule is Cc1ccc(-n2nc(-c3cc(Cl)cc(Cl)c3)cc2Nc2ccc(C(=O)OC(C)(C)C)cc2)cc1. The largest absolute Gasteiger partial charge is 0.456 e. The second kappa shape index (κ2) is 9.53. The number of rotatable bonds is 5. The third kappa shape index (κ3) is 5.79. The zero-order chi connectivity index (χ0) is 24.5. The van der Waals surface area contributed by atoms with Crippen molar-refractivity contribution in [1.29, 1.82) is 0 Å². The summed E-state index contributed by atoms with van der Waals surface area (Å²) >= 11 is 12.4. The molecule has 0 aliphatic rings. The summed E-state index contributed by atoms with van der Waals surface area (Å²) in [7, 11) is 0. The van der Waals surface area contributed by atoms with Crippen LogP contribution >= 0.6 is 23.2 Å². The van der Waals surface area contributed by atoms with Gasteiger partial charge in [-0.1, -0.05) is 40.9 Å². The average molecular weight is 494 g/mol. The van der Waals surface area contributed by atoms with Gasteiger partial charge in [0.25, 0.3) is 0 Å². The van der Waals surface area contributed by atoms with Crippen LogP contribution in [-0.2, 0) is 4.74 Å². The van der Waals surface area contributed by atoms with Crippen LogP contribution in [0, 0.1) is 6.92 Å². The van der Waals surface area contributed by atoms with Gasteiger partial charge < -0.3 is 10.1 Å². The Morgan fingerprint density at radius 3 is 2.12 bits per heavy atom. The monoisotopic (exact) mass is 493 g/mol. The Kier molecular flexibility index (Phi) is 6.69. The molecule has 1 N–H and O–H groups in total. The van der Waals surface area contributed by atoms with Crippen LogP contribution in [0.5, 0.6) is 0 Å². The molecule has 1 heterocycles. The number of anilines is 2. The van der Waals surface area contributed by atoms with Crippen LogP contribution in [-0.4, -0.2) is 21.4 Å². The lowest BCUT2D eigenvalue weighted by molar-refractivity contribution is 0.00695. The van der Waals surface area contributed by atoms with Gasteiger partial charge in [0.05, 0.1) is 16.9 Å². The quantitative estimate of drug-likeness (QED) is 0.287. The molecule has 0 bridgehead atoms. The van der Waals surface area contributed by atoms with Crippen molar-refractivity contribution < 1.29 is 9.53 Å². The molecule has 4 rings (SSSR count). The zero-order valence-electron chi connectivity index (χ0n) is 19.4. The number of hydrogen-bond acceptors (Lipinski definition) is 4. The van der Waals surface area contributed by atoms with Gasteiger partial charge in [-0.2, -0.15) is 5.10 Å². The van der Waals surface area contributed by atoms with Crippen molar-refractivity contribution in [3.63, 3.8) is 0 Å². The van der Waals surface area contributed by atoms with E-state index in [0.29, 0.717) is 15.6 Å². The van der Waals surface area contributed by atoms with Gasteiger partial charge in [-0.05, 0) is 82.3 Å². The Hall–Kier alpha value is -3.28. The van der Waals surface area contributed by atoms with E-state index in [1.54, 1.807) is 18.2 Å². The lowest BCUT2D eigenvalue weighted by atomic mass is 10.1. The Balaban J connectivity index is 1.68. The van der Waals surface area contributed by atoms with Crippen LogP contribution < -0.4 is 5.32 Å². The topological polar surface area (TPSA) is 56.2 Å². The molecule has 0 unspecified atom stereocenters. The first kappa shape index (κ1) is 23.9. The Labute approximate surface area is 209 Å². The molecule has 174 valence electrons. The predicted octanol–water partition coefficient (Wildman–Crippen LogP) is 7.85. The fourth-order valence-corrected chi connectivity index (χ4v) is 3.90. The maximum absolute atomic E-state index is 12.3. The number of halogens is 2. The number of carbonyl (C=O) groups excluding carboxylic acids is 1. The van der Waals surface area contributed by atoms with Crippen molar-refractivity contribution in [2.24, 2.45) is 0 Å². The van der Waals surface area contributed by atoms with Gasteiger partial charge >= 0.3 is 5.97 Å². The third-order valence-corrected chi connectivity index (χ3v) is 5.37. The van der Waals surface area contributed by atoms with Crippen LogP contribution in [0.15, 0.2) is 72.8 Å². The minimum Gasteiger partial charge on any atom is -0.456 e. The maximum Gasteiger partial charge on any atom is 0.338 e. The van der Waals surface area contributed by atoms with E-state index < -0.39 is 5.60 Å². The summed E-state index contributed by atoms with van der Waals surface area (Å²) in [5, 5.41) is 9.29. The van der Waals surface area contributed by atoms with Crippen molar-refractivity contribution in [3.8, 4) is 16.9 Å². The smallest absolute Gasteiger partial charge is 0.338 e. The lowest BCUT2D eigenvalue weighted by Crippen LogP contribution is -2.23. The summed E-state index contributed by atoms with van der Waals surface area (Å²) in [6.07, 6.45) is 0. The summed E-state index contributed by atoms with van der Waals surface area (Å²) in [5.41, 5.74) is 4.33. The normalized spacial score (nSPS) is 11.4. The second-order valence-corrected chi connectivity index (χ2v) is 9.90. The predicted molar refractivity (Wildman–Crippen MR) is 139 cm³/mol. The second-order valence-electron chi connectivity index (χ2n) is 9.02. The fourth-order valence-electron chi connectivity index (χ4n) is 3.37. The van der Waals surface area contributed by atoms with Gasteiger partial charge in [-0.15, -0.1) is 0 Å². The molecule has 0 spiro atoms. The van der Waals surface area contributed by atoms with E-state index in [4.69, 9.17) is 33.0 Å². The minimum absolute atomic E-state index is 0.358. The lowest BCUT2D eigenvalue weighted by Gasteiger charge is -2.19. The number of carbonyl (C=O) groups is 1. The van der Waals surface area contributed by atoms with E-state index in [-0.39, 0.29) is 5.97 Å². The first-order valence-corrected chi connectivity index (χ1v) is 11.6. The third-order valence-electron chi connectivity index (χ3n) is 4.94. The summed E-state index contributed by atoms with van der Waals surface area (Å²) < 4.78 is 7.27.